The first-order valence-electron chi connectivity index (χ1n) is 7.00. The van der Waals surface area contributed by atoms with E-state index in [-0.39, 0.29) is 6.04 Å². The molecule has 0 saturated carbocycles. The van der Waals surface area contributed by atoms with Gasteiger partial charge in [-0.2, -0.15) is 5.26 Å². The Hall–Kier alpha value is -1.53. The summed E-state index contributed by atoms with van der Waals surface area (Å²) in [4.78, 5) is 0. The van der Waals surface area contributed by atoms with Crippen molar-refractivity contribution in [3.8, 4) is 6.07 Å². The maximum absolute atomic E-state index is 9.10. The van der Waals surface area contributed by atoms with Crippen molar-refractivity contribution in [1.29, 1.82) is 5.26 Å². The summed E-state index contributed by atoms with van der Waals surface area (Å²) in [5.74, 6) is 7.12. The molecule has 0 aliphatic rings. The Morgan fingerprint density at radius 2 is 1.89 bits per heavy atom. The first-order chi connectivity index (χ1) is 8.92. The van der Waals surface area contributed by atoms with Gasteiger partial charge in [0.15, 0.2) is 0 Å². The third-order valence-corrected chi connectivity index (χ3v) is 3.64. The average molecular weight is 259 g/mol. The smallest absolute Gasteiger partial charge is 0.0991 e. The van der Waals surface area contributed by atoms with Gasteiger partial charge in [0.2, 0.25) is 0 Å². The second-order valence-electron chi connectivity index (χ2n) is 5.65. The van der Waals surface area contributed by atoms with Crippen LogP contribution in [-0.2, 0) is 0 Å². The number of nitrogens with zero attached hydrogens (tertiary/aromatic N) is 2. The molecule has 104 valence electrons. The zero-order chi connectivity index (χ0) is 14.6. The normalized spacial score (nSPS) is 12.6. The summed E-state index contributed by atoms with van der Waals surface area (Å²) in [5, 5.41) is 10.9. The molecule has 0 aliphatic carbocycles. The van der Waals surface area contributed by atoms with E-state index in [0.717, 1.165) is 12.1 Å². The van der Waals surface area contributed by atoms with Gasteiger partial charge in [0.25, 0.3) is 0 Å². The van der Waals surface area contributed by atoms with Crippen LogP contribution in [0, 0.1) is 17.2 Å². The zero-order valence-electron chi connectivity index (χ0n) is 12.6. The Morgan fingerprint density at radius 1 is 1.26 bits per heavy atom. The molecule has 0 aliphatic heterocycles. The Labute approximate surface area is 117 Å². The molecule has 1 rings (SSSR count). The molecule has 0 bridgehead atoms. The van der Waals surface area contributed by atoms with Gasteiger partial charge < -0.3 is 5.01 Å². The van der Waals surface area contributed by atoms with Gasteiger partial charge in [0.05, 0.1) is 17.3 Å². The van der Waals surface area contributed by atoms with Gasteiger partial charge in [-0.25, -0.2) is 5.84 Å². The van der Waals surface area contributed by atoms with E-state index >= 15 is 0 Å². The monoisotopic (exact) mass is 259 g/mol. The van der Waals surface area contributed by atoms with E-state index in [2.05, 4.69) is 40.7 Å². The quantitative estimate of drug-likeness (QED) is 0.646. The first-order valence-corrected chi connectivity index (χ1v) is 7.00. The molecule has 0 spiro atoms. The zero-order valence-corrected chi connectivity index (χ0v) is 12.6. The highest BCUT2D eigenvalue weighted by Gasteiger charge is 2.21. The molecule has 0 aromatic heterocycles. The van der Waals surface area contributed by atoms with Crippen molar-refractivity contribution in [2.75, 3.05) is 5.01 Å². The standard InChI is InChI=1S/C16H25N3/c1-6-14(11(2)3)15-9-13(10-17)7-8-16(15)19(18)12(4)5/h7-9,11-12,14H,6,18H2,1-5H3. The van der Waals surface area contributed by atoms with Crippen LogP contribution in [-0.4, -0.2) is 6.04 Å². The molecule has 1 atom stereocenters. The Kier molecular flexibility index (Phi) is 5.38. The van der Waals surface area contributed by atoms with Gasteiger partial charge in [-0.3, -0.25) is 0 Å². The largest absolute Gasteiger partial charge is 0.308 e. The second kappa shape index (κ2) is 6.58. The van der Waals surface area contributed by atoms with Crippen molar-refractivity contribution >= 4 is 5.69 Å². The maximum atomic E-state index is 9.10. The van der Waals surface area contributed by atoms with E-state index in [4.69, 9.17) is 11.1 Å². The summed E-state index contributed by atoms with van der Waals surface area (Å²) >= 11 is 0. The number of nitrogens with two attached hydrogens (primary N) is 1. The molecule has 19 heavy (non-hydrogen) atoms. The van der Waals surface area contributed by atoms with E-state index in [9.17, 15) is 0 Å². The number of hydrazine groups is 1. The summed E-state index contributed by atoms with van der Waals surface area (Å²) in [7, 11) is 0. The lowest BCUT2D eigenvalue weighted by atomic mass is 9.84. The molecule has 3 nitrogen and oxygen atoms in total. The number of anilines is 1. The van der Waals surface area contributed by atoms with Crippen LogP contribution in [0.3, 0.4) is 0 Å². The molecule has 1 aromatic carbocycles. The third kappa shape index (κ3) is 3.48. The van der Waals surface area contributed by atoms with Crippen LogP contribution < -0.4 is 10.9 Å². The van der Waals surface area contributed by atoms with Crippen molar-refractivity contribution < 1.29 is 0 Å². The topological polar surface area (TPSA) is 53.0 Å². The number of hydrogen-bond acceptors (Lipinski definition) is 3. The van der Waals surface area contributed by atoms with Crippen LogP contribution in [0.2, 0.25) is 0 Å². The lowest BCUT2D eigenvalue weighted by Gasteiger charge is -2.30. The van der Waals surface area contributed by atoms with Gasteiger partial charge in [0.1, 0.15) is 0 Å². The summed E-state index contributed by atoms with van der Waals surface area (Å²) in [6, 6.07) is 8.26. The molecule has 0 amide bonds. The number of rotatable bonds is 5. The predicted octanol–water partition coefficient (Wildman–Crippen LogP) is 3.80. The van der Waals surface area contributed by atoms with Crippen LogP contribution in [0.4, 0.5) is 5.69 Å². The molecule has 0 radical (unpaired) electrons. The fourth-order valence-corrected chi connectivity index (χ4v) is 2.48. The number of nitriles is 1. The molecule has 1 unspecified atom stereocenters. The van der Waals surface area contributed by atoms with Crippen molar-refractivity contribution in [2.24, 2.45) is 11.8 Å². The van der Waals surface area contributed by atoms with E-state index in [0.29, 0.717) is 17.4 Å². The Balaban J connectivity index is 3.35. The van der Waals surface area contributed by atoms with Gasteiger partial charge in [-0.15, -0.1) is 0 Å². The molecule has 0 heterocycles. The predicted molar refractivity (Wildman–Crippen MR) is 80.8 cm³/mol. The molecule has 3 heteroatoms. The average Bonchev–Trinajstić information content (AvgIpc) is 2.38. The Morgan fingerprint density at radius 3 is 2.32 bits per heavy atom. The molecule has 0 saturated heterocycles. The SMILES string of the molecule is CCC(c1cc(C#N)ccc1N(N)C(C)C)C(C)C. The van der Waals surface area contributed by atoms with Crippen LogP contribution in [0.15, 0.2) is 18.2 Å². The molecular weight excluding hydrogens is 234 g/mol. The highest BCUT2D eigenvalue weighted by molar-refractivity contribution is 5.58. The minimum Gasteiger partial charge on any atom is -0.308 e. The van der Waals surface area contributed by atoms with Gasteiger partial charge in [-0.05, 0) is 55.9 Å². The van der Waals surface area contributed by atoms with Crippen LogP contribution in [0.5, 0.6) is 0 Å². The molecule has 1 aromatic rings. The summed E-state index contributed by atoms with van der Waals surface area (Å²) in [6.45, 7) is 10.8. The van der Waals surface area contributed by atoms with E-state index in [1.165, 1.54) is 5.56 Å². The van der Waals surface area contributed by atoms with E-state index in [1.54, 1.807) is 5.01 Å². The lowest BCUT2D eigenvalue weighted by Crippen LogP contribution is -2.38. The van der Waals surface area contributed by atoms with Crippen molar-refractivity contribution in [2.45, 2.75) is 53.0 Å². The summed E-state index contributed by atoms with van der Waals surface area (Å²) in [6.07, 6.45) is 1.05. The molecule has 2 N–H and O–H groups in total. The Bertz CT molecular complexity index is 458. The highest BCUT2D eigenvalue weighted by atomic mass is 15.4. The maximum Gasteiger partial charge on any atom is 0.0991 e. The third-order valence-electron chi connectivity index (χ3n) is 3.64. The fourth-order valence-electron chi connectivity index (χ4n) is 2.48. The molecular formula is C16H25N3. The van der Waals surface area contributed by atoms with E-state index < -0.39 is 0 Å². The van der Waals surface area contributed by atoms with E-state index in [1.807, 2.05) is 18.2 Å². The minimum atomic E-state index is 0.233. The van der Waals surface area contributed by atoms with Crippen LogP contribution >= 0.6 is 0 Å². The second-order valence-corrected chi connectivity index (χ2v) is 5.65. The number of hydrogen-bond donors (Lipinski definition) is 1. The van der Waals surface area contributed by atoms with Crippen LogP contribution in [0.1, 0.15) is 58.1 Å². The minimum absolute atomic E-state index is 0.233. The van der Waals surface area contributed by atoms with Crippen molar-refractivity contribution in [3.05, 3.63) is 29.3 Å². The summed E-state index contributed by atoms with van der Waals surface area (Å²) in [5.41, 5.74) is 2.93. The highest BCUT2D eigenvalue weighted by Crippen LogP contribution is 2.35. The lowest BCUT2D eigenvalue weighted by molar-refractivity contribution is 0.483. The van der Waals surface area contributed by atoms with Crippen molar-refractivity contribution in [3.63, 3.8) is 0 Å². The van der Waals surface area contributed by atoms with Gasteiger partial charge in [0, 0.05) is 6.04 Å². The summed E-state index contributed by atoms with van der Waals surface area (Å²) < 4.78 is 0. The number of benzene rings is 1. The molecule has 0 fully saturated rings. The fraction of sp³-hybridized carbons (Fsp3) is 0.562. The van der Waals surface area contributed by atoms with Crippen LogP contribution in [0.25, 0.3) is 0 Å². The van der Waals surface area contributed by atoms with Gasteiger partial charge >= 0.3 is 0 Å². The van der Waals surface area contributed by atoms with Gasteiger partial charge in [-0.1, -0.05) is 20.8 Å². The first kappa shape index (κ1) is 15.5. The van der Waals surface area contributed by atoms with Crippen molar-refractivity contribution in [1.82, 2.24) is 0 Å².